The van der Waals surface area contributed by atoms with E-state index in [1.54, 1.807) is 10.9 Å². The molecule has 0 spiro atoms. The first kappa shape index (κ1) is 26.7. The summed E-state index contributed by atoms with van der Waals surface area (Å²) in [7, 11) is -2.42. The summed E-state index contributed by atoms with van der Waals surface area (Å²) in [6.07, 6.45) is 3.72. The quantitative estimate of drug-likeness (QED) is 0.377. The van der Waals surface area contributed by atoms with Crippen LogP contribution < -0.4 is 11.1 Å². The Bertz CT molecular complexity index is 1290. The molecule has 2 heterocycles. The first-order chi connectivity index (χ1) is 17.6. The summed E-state index contributed by atoms with van der Waals surface area (Å²) < 4.78 is 52.9. The largest absolute Gasteiger partial charge is 0.508 e. The molecule has 0 radical (unpaired) electrons. The van der Waals surface area contributed by atoms with Crippen molar-refractivity contribution in [3.05, 3.63) is 65.6 Å². The molecule has 1 saturated heterocycles. The minimum absolute atomic E-state index is 0.0107. The number of phenolic OH excluding ortho intramolecular Hbond substituents is 1. The van der Waals surface area contributed by atoms with Crippen molar-refractivity contribution in [1.82, 2.24) is 14.7 Å². The van der Waals surface area contributed by atoms with Gasteiger partial charge in [-0.3, -0.25) is 14.4 Å². The molecular formula is C25H28F3N5O3S. The molecule has 2 aromatic carbocycles. The zero-order chi connectivity index (χ0) is 26.7. The van der Waals surface area contributed by atoms with Crippen LogP contribution >= 0.6 is 0 Å². The molecule has 198 valence electrons. The van der Waals surface area contributed by atoms with Gasteiger partial charge in [-0.25, -0.2) is 8.60 Å². The normalized spacial score (nSPS) is 16.6. The number of halogens is 3. The van der Waals surface area contributed by atoms with E-state index in [1.165, 1.54) is 42.5 Å². The van der Waals surface area contributed by atoms with E-state index < -0.39 is 28.0 Å². The van der Waals surface area contributed by atoms with Crippen LogP contribution in [-0.4, -0.2) is 48.7 Å². The average Bonchev–Trinajstić information content (AvgIpc) is 3.31. The Balaban J connectivity index is 1.51. The molecule has 0 bridgehead atoms. The molecule has 8 nitrogen and oxygen atoms in total. The maximum Gasteiger partial charge on any atom is 0.316 e. The van der Waals surface area contributed by atoms with Gasteiger partial charge in [0.05, 0.1) is 5.54 Å². The lowest BCUT2D eigenvalue weighted by atomic mass is 9.85. The van der Waals surface area contributed by atoms with Gasteiger partial charge in [0.25, 0.3) is 5.91 Å². The number of primary amides is 1. The van der Waals surface area contributed by atoms with E-state index in [1.807, 2.05) is 6.92 Å². The van der Waals surface area contributed by atoms with Crippen molar-refractivity contribution >= 4 is 28.2 Å². The lowest BCUT2D eigenvalue weighted by molar-refractivity contribution is 0.0900. The van der Waals surface area contributed by atoms with E-state index in [0.29, 0.717) is 43.7 Å². The maximum atomic E-state index is 14.2. The van der Waals surface area contributed by atoms with Gasteiger partial charge in [-0.05, 0) is 61.7 Å². The van der Waals surface area contributed by atoms with Gasteiger partial charge in [-0.1, -0.05) is 6.92 Å². The first-order valence-corrected chi connectivity index (χ1v) is 13.0. The summed E-state index contributed by atoms with van der Waals surface area (Å²) in [5.74, 6) is -3.78. The van der Waals surface area contributed by atoms with E-state index in [0.717, 1.165) is 6.42 Å². The molecule has 1 aromatic heterocycles. The second-order valence-corrected chi connectivity index (χ2v) is 10.5. The number of aromatic nitrogens is 2. The van der Waals surface area contributed by atoms with Crippen LogP contribution in [0, 0.1) is 5.82 Å². The van der Waals surface area contributed by atoms with Crippen molar-refractivity contribution in [3.8, 4) is 5.75 Å². The van der Waals surface area contributed by atoms with Crippen LogP contribution in [0.4, 0.5) is 24.7 Å². The van der Waals surface area contributed by atoms with E-state index in [2.05, 4.69) is 15.3 Å². The summed E-state index contributed by atoms with van der Waals surface area (Å²) in [5.41, 5.74) is 6.29. The fourth-order valence-electron chi connectivity index (χ4n) is 4.60. The highest BCUT2D eigenvalue weighted by atomic mass is 32.2. The molecule has 1 unspecified atom stereocenters. The topological polar surface area (TPSA) is 113 Å². The van der Waals surface area contributed by atoms with Crippen molar-refractivity contribution in [1.29, 1.82) is 0 Å². The van der Waals surface area contributed by atoms with Crippen LogP contribution in [0.3, 0.4) is 0 Å². The number of rotatable bonds is 9. The molecule has 37 heavy (non-hydrogen) atoms. The van der Waals surface area contributed by atoms with Gasteiger partial charge in [-0.15, -0.1) is 0 Å². The van der Waals surface area contributed by atoms with Gasteiger partial charge in [0, 0.05) is 42.0 Å². The third kappa shape index (κ3) is 5.80. The zero-order valence-corrected chi connectivity index (χ0v) is 21.0. The van der Waals surface area contributed by atoms with Gasteiger partial charge in [0.1, 0.15) is 27.9 Å². The number of piperidine rings is 1. The summed E-state index contributed by atoms with van der Waals surface area (Å²) in [6, 6.07) is 9.60. The number of aromatic hydroxyl groups is 1. The Labute approximate surface area is 214 Å². The van der Waals surface area contributed by atoms with Gasteiger partial charge in [0.15, 0.2) is 5.82 Å². The molecule has 1 amide bonds. The number of hydrogen-bond acceptors (Lipinski definition) is 6. The number of alkyl halides is 2. The van der Waals surface area contributed by atoms with Crippen LogP contribution in [0.15, 0.2) is 53.6 Å². The first-order valence-electron chi connectivity index (χ1n) is 11.8. The molecule has 12 heteroatoms. The van der Waals surface area contributed by atoms with Crippen LogP contribution in [0.2, 0.25) is 0 Å². The minimum Gasteiger partial charge on any atom is -0.508 e. The number of nitrogens with two attached hydrogens (primary N) is 1. The number of benzene rings is 2. The van der Waals surface area contributed by atoms with Crippen molar-refractivity contribution in [2.24, 2.45) is 5.73 Å². The monoisotopic (exact) mass is 535 g/mol. The van der Waals surface area contributed by atoms with Gasteiger partial charge in [-0.2, -0.15) is 13.9 Å². The molecular weight excluding hydrogens is 507 g/mol. The Morgan fingerprint density at radius 1 is 1.22 bits per heavy atom. The van der Waals surface area contributed by atoms with E-state index in [-0.39, 0.29) is 27.8 Å². The fourth-order valence-corrected chi connectivity index (χ4v) is 5.21. The summed E-state index contributed by atoms with van der Waals surface area (Å²) in [5, 5.41) is 17.3. The number of carbonyl (C=O) groups is 1. The predicted molar refractivity (Wildman–Crippen MR) is 134 cm³/mol. The Hall–Kier alpha value is -3.38. The van der Waals surface area contributed by atoms with Gasteiger partial charge >= 0.3 is 5.76 Å². The summed E-state index contributed by atoms with van der Waals surface area (Å²) in [6.45, 7) is 3.70. The molecule has 1 aliphatic rings. The second-order valence-electron chi connectivity index (χ2n) is 9.04. The van der Waals surface area contributed by atoms with Crippen LogP contribution in [0.25, 0.3) is 0 Å². The Morgan fingerprint density at radius 2 is 1.89 bits per heavy atom. The van der Waals surface area contributed by atoms with Crippen LogP contribution in [-0.2, 0) is 22.9 Å². The van der Waals surface area contributed by atoms with E-state index in [9.17, 15) is 27.3 Å². The third-order valence-electron chi connectivity index (χ3n) is 6.85. The predicted octanol–water partition coefficient (Wildman–Crippen LogP) is 4.30. The number of likely N-dealkylation sites (tertiary alicyclic amines) is 1. The lowest BCUT2D eigenvalue weighted by Crippen LogP contribution is -2.46. The van der Waals surface area contributed by atoms with Crippen LogP contribution in [0.5, 0.6) is 5.75 Å². The number of carbonyl (C=O) groups excluding carboxylic acids is 1. The van der Waals surface area contributed by atoms with Crippen molar-refractivity contribution in [3.63, 3.8) is 0 Å². The molecule has 1 fully saturated rings. The number of nitrogens with zero attached hydrogens (tertiary/aromatic N) is 3. The zero-order valence-electron chi connectivity index (χ0n) is 20.2. The van der Waals surface area contributed by atoms with Gasteiger partial charge < -0.3 is 16.2 Å². The number of amides is 1. The molecule has 0 saturated carbocycles. The second kappa shape index (κ2) is 10.9. The van der Waals surface area contributed by atoms with Crippen molar-refractivity contribution in [2.45, 2.75) is 48.9 Å². The summed E-state index contributed by atoms with van der Waals surface area (Å²) >= 11 is 0. The molecule has 0 aliphatic carbocycles. The molecule has 1 atom stereocenters. The molecule has 1 aliphatic heterocycles. The Kier molecular flexibility index (Phi) is 7.88. The van der Waals surface area contributed by atoms with Crippen molar-refractivity contribution in [2.75, 3.05) is 18.4 Å². The van der Waals surface area contributed by atoms with E-state index in [4.69, 9.17) is 5.73 Å². The van der Waals surface area contributed by atoms with Gasteiger partial charge in [0.2, 0.25) is 0 Å². The number of phenols is 1. The number of hydrogen-bond donors (Lipinski definition) is 3. The highest BCUT2D eigenvalue weighted by molar-refractivity contribution is 7.85. The third-order valence-corrected chi connectivity index (χ3v) is 7.91. The summed E-state index contributed by atoms with van der Waals surface area (Å²) in [4.78, 5) is 14.3. The maximum absolute atomic E-state index is 14.2. The smallest absolute Gasteiger partial charge is 0.316 e. The highest BCUT2D eigenvalue weighted by Crippen LogP contribution is 2.35. The highest BCUT2D eigenvalue weighted by Gasteiger charge is 2.37. The molecule has 4 rings (SSSR count). The average molecular weight is 536 g/mol. The van der Waals surface area contributed by atoms with E-state index >= 15 is 0 Å². The molecule has 4 N–H and O–H groups in total. The Morgan fingerprint density at radius 3 is 2.49 bits per heavy atom. The standard InChI is InChI=1S/C25H28F3N5O3S/c1-2-25(9-11-32(12-10-25)14-16-13-18(34)5-8-21(16)26)33-15-20(22(29)35)23(31-33)30-17-3-6-19(7-4-17)37(36)24(27)28/h3-8,13,15,24,34H,2,9-12,14H2,1H3,(H2,29,35)(H,30,31). The van der Waals surface area contributed by atoms with Crippen molar-refractivity contribution < 1.29 is 27.3 Å². The minimum atomic E-state index is -2.98. The number of nitrogens with one attached hydrogen (secondary N) is 1. The van der Waals surface area contributed by atoms with Crippen LogP contribution in [0.1, 0.15) is 42.1 Å². The number of anilines is 2. The lowest BCUT2D eigenvalue weighted by Gasteiger charge is -2.41. The SMILES string of the molecule is CCC1(n2cc(C(N)=O)c(Nc3ccc(S(=O)C(F)F)cc3)n2)CCN(Cc2cc(O)ccc2F)CC1. The molecule has 3 aromatic rings. The fraction of sp³-hybridized carbons (Fsp3) is 0.360.